The Bertz CT molecular complexity index is 589. The molecule has 2 N–H and O–H groups in total. The topological polar surface area (TPSA) is 37.0 Å². The molecule has 0 fully saturated rings. The highest BCUT2D eigenvalue weighted by atomic mass is 35.5. The molecule has 1 heterocycles. The number of rotatable bonds is 6. The summed E-state index contributed by atoms with van der Waals surface area (Å²) in [6.07, 6.45) is 7.97. The third-order valence-electron chi connectivity index (χ3n) is 2.78. The normalized spacial score (nSPS) is 10.3. The van der Waals surface area contributed by atoms with Crippen LogP contribution in [0.25, 0.3) is 10.9 Å². The van der Waals surface area contributed by atoms with E-state index in [2.05, 4.69) is 21.5 Å². The van der Waals surface area contributed by atoms with E-state index < -0.39 is 0 Å². The van der Waals surface area contributed by atoms with E-state index in [0.29, 0.717) is 11.6 Å². The number of benzene rings is 1. The molecule has 1 aromatic heterocycles. The largest absolute Gasteiger partial charge is 0.384 e. The first-order valence-corrected chi connectivity index (χ1v) is 6.61. The van der Waals surface area contributed by atoms with Crippen molar-refractivity contribution in [1.82, 2.24) is 10.3 Å². The lowest BCUT2D eigenvalue weighted by atomic mass is 10.2. The fraction of sp³-hybridized carbons (Fsp3) is 0.267. The minimum Gasteiger partial charge on any atom is -0.384 e. The maximum atomic E-state index is 5.96. The van der Waals surface area contributed by atoms with Gasteiger partial charge in [-0.3, -0.25) is 4.98 Å². The van der Waals surface area contributed by atoms with E-state index >= 15 is 0 Å². The summed E-state index contributed by atoms with van der Waals surface area (Å²) in [6, 6.07) is 7.72. The van der Waals surface area contributed by atoms with Gasteiger partial charge in [-0.15, -0.1) is 6.42 Å². The lowest BCUT2D eigenvalue weighted by Gasteiger charge is -2.09. The van der Waals surface area contributed by atoms with Crippen LogP contribution in [0.3, 0.4) is 0 Å². The van der Waals surface area contributed by atoms with Gasteiger partial charge in [0.25, 0.3) is 0 Å². The van der Waals surface area contributed by atoms with Gasteiger partial charge in [0.05, 0.1) is 12.1 Å². The van der Waals surface area contributed by atoms with Crippen molar-refractivity contribution in [3.05, 3.63) is 35.5 Å². The van der Waals surface area contributed by atoms with Gasteiger partial charge < -0.3 is 10.6 Å². The predicted molar refractivity (Wildman–Crippen MR) is 81.6 cm³/mol. The summed E-state index contributed by atoms with van der Waals surface area (Å²) >= 11 is 5.96. The van der Waals surface area contributed by atoms with Crippen LogP contribution in [0.2, 0.25) is 5.02 Å². The van der Waals surface area contributed by atoms with Crippen molar-refractivity contribution in [1.29, 1.82) is 0 Å². The van der Waals surface area contributed by atoms with Crippen molar-refractivity contribution in [2.45, 2.75) is 6.42 Å². The third-order valence-corrected chi connectivity index (χ3v) is 3.01. The van der Waals surface area contributed by atoms with Crippen molar-refractivity contribution in [2.24, 2.45) is 0 Å². The van der Waals surface area contributed by atoms with Crippen molar-refractivity contribution < 1.29 is 0 Å². The zero-order chi connectivity index (χ0) is 13.5. The second-order valence-electron chi connectivity index (χ2n) is 4.18. The first-order valence-electron chi connectivity index (χ1n) is 6.23. The Kier molecular flexibility index (Phi) is 5.02. The number of nitrogens with zero attached hydrogens (tertiary/aromatic N) is 1. The van der Waals surface area contributed by atoms with Gasteiger partial charge in [0.1, 0.15) is 0 Å². The number of pyridine rings is 1. The molecule has 0 aliphatic rings. The van der Waals surface area contributed by atoms with Crippen molar-refractivity contribution in [3.63, 3.8) is 0 Å². The minimum absolute atomic E-state index is 0.622. The van der Waals surface area contributed by atoms with E-state index in [-0.39, 0.29) is 0 Å². The van der Waals surface area contributed by atoms with Crippen LogP contribution in [0.1, 0.15) is 6.42 Å². The number of halogens is 1. The molecule has 0 aliphatic heterocycles. The highest BCUT2D eigenvalue weighted by molar-refractivity contribution is 6.31. The van der Waals surface area contributed by atoms with Crippen LogP contribution in [0, 0.1) is 12.3 Å². The lowest BCUT2D eigenvalue weighted by Crippen LogP contribution is -2.18. The summed E-state index contributed by atoms with van der Waals surface area (Å²) < 4.78 is 0. The van der Waals surface area contributed by atoms with E-state index in [9.17, 15) is 0 Å². The fourth-order valence-electron chi connectivity index (χ4n) is 1.87. The van der Waals surface area contributed by atoms with Crippen LogP contribution in [-0.4, -0.2) is 24.6 Å². The summed E-state index contributed by atoms with van der Waals surface area (Å²) in [5.41, 5.74) is 1.99. The van der Waals surface area contributed by atoms with Gasteiger partial charge in [0.15, 0.2) is 0 Å². The molecule has 2 rings (SSSR count). The molecule has 3 nitrogen and oxygen atoms in total. The molecule has 0 radical (unpaired) electrons. The number of hydrogen-bond donors (Lipinski definition) is 2. The summed E-state index contributed by atoms with van der Waals surface area (Å²) in [4.78, 5) is 4.31. The maximum absolute atomic E-state index is 5.96. The van der Waals surface area contributed by atoms with E-state index in [4.69, 9.17) is 18.0 Å². The van der Waals surface area contributed by atoms with Gasteiger partial charge >= 0.3 is 0 Å². The number of aromatic nitrogens is 1. The molecule has 0 aliphatic carbocycles. The average molecular weight is 274 g/mol. The van der Waals surface area contributed by atoms with Crippen molar-refractivity contribution >= 4 is 28.2 Å². The molecule has 98 valence electrons. The van der Waals surface area contributed by atoms with Gasteiger partial charge in [0, 0.05) is 28.8 Å². The zero-order valence-electron chi connectivity index (χ0n) is 10.6. The molecular formula is C15H16ClN3. The molecule has 1 aromatic carbocycles. The summed E-state index contributed by atoms with van der Waals surface area (Å²) in [6.45, 7) is 2.42. The number of anilines is 1. The Morgan fingerprint density at radius 2 is 2.16 bits per heavy atom. The highest BCUT2D eigenvalue weighted by Gasteiger charge is 2.01. The molecule has 0 bridgehead atoms. The Labute approximate surface area is 118 Å². The Balaban J connectivity index is 1.95. The number of hydrogen-bond acceptors (Lipinski definition) is 3. The van der Waals surface area contributed by atoms with Crippen molar-refractivity contribution in [2.75, 3.05) is 25.0 Å². The Morgan fingerprint density at radius 1 is 1.26 bits per heavy atom. The van der Waals surface area contributed by atoms with Crippen molar-refractivity contribution in [3.8, 4) is 12.3 Å². The molecule has 0 unspecified atom stereocenters. The monoisotopic (exact) mass is 273 g/mol. The summed E-state index contributed by atoms with van der Waals surface area (Å²) in [7, 11) is 0. The number of nitrogens with one attached hydrogen (secondary N) is 2. The molecule has 19 heavy (non-hydrogen) atoms. The second kappa shape index (κ2) is 6.98. The fourth-order valence-corrected chi connectivity index (χ4v) is 2.04. The van der Waals surface area contributed by atoms with Gasteiger partial charge in [-0.2, -0.15) is 0 Å². The maximum Gasteiger partial charge on any atom is 0.0737 e. The highest BCUT2D eigenvalue weighted by Crippen LogP contribution is 2.24. The molecular weight excluding hydrogens is 258 g/mol. The smallest absolute Gasteiger partial charge is 0.0737 e. The van der Waals surface area contributed by atoms with Crippen LogP contribution in [0.4, 0.5) is 5.69 Å². The molecule has 0 atom stereocenters. The molecule has 0 saturated heterocycles. The third kappa shape index (κ3) is 3.85. The van der Waals surface area contributed by atoms with Crippen LogP contribution in [0.5, 0.6) is 0 Å². The average Bonchev–Trinajstić information content (AvgIpc) is 2.42. The molecule has 0 spiro atoms. The van der Waals surface area contributed by atoms with E-state index in [1.165, 1.54) is 0 Å². The van der Waals surface area contributed by atoms with E-state index in [1.54, 1.807) is 6.20 Å². The number of fused-ring (bicyclic) bond motifs is 1. The van der Waals surface area contributed by atoms with Gasteiger partial charge in [-0.05, 0) is 37.2 Å². The zero-order valence-corrected chi connectivity index (χ0v) is 11.4. The van der Waals surface area contributed by atoms with E-state index in [0.717, 1.165) is 36.1 Å². The number of terminal acetylenes is 1. The van der Waals surface area contributed by atoms with Crippen LogP contribution in [0.15, 0.2) is 30.5 Å². The minimum atomic E-state index is 0.622. The van der Waals surface area contributed by atoms with Gasteiger partial charge in [0.2, 0.25) is 0 Å². The van der Waals surface area contributed by atoms with E-state index in [1.807, 2.05) is 24.3 Å². The second-order valence-corrected chi connectivity index (χ2v) is 4.62. The molecule has 2 aromatic rings. The predicted octanol–water partition coefficient (Wildman–Crippen LogP) is 2.91. The van der Waals surface area contributed by atoms with Crippen LogP contribution >= 0.6 is 11.6 Å². The lowest BCUT2D eigenvalue weighted by molar-refractivity contribution is 0.718. The van der Waals surface area contributed by atoms with Crippen LogP contribution < -0.4 is 10.6 Å². The summed E-state index contributed by atoms with van der Waals surface area (Å²) in [5.74, 6) is 2.55. The van der Waals surface area contributed by atoms with Gasteiger partial charge in [-0.1, -0.05) is 17.5 Å². The molecule has 0 saturated carbocycles. The standard InChI is InChI=1S/C15H16ClN3/c1-2-7-17-8-3-9-18-14-6-10-19-15-11-12(16)4-5-13(14)15/h1,4-6,10-11,17H,3,7-9H2,(H,18,19). The van der Waals surface area contributed by atoms with Crippen LogP contribution in [-0.2, 0) is 0 Å². The Hall–Kier alpha value is -1.76. The first kappa shape index (κ1) is 13.7. The molecule has 4 heteroatoms. The Morgan fingerprint density at radius 3 is 3.00 bits per heavy atom. The summed E-state index contributed by atoms with van der Waals surface area (Å²) in [5, 5.41) is 8.36. The first-order chi connectivity index (χ1) is 9.31. The molecule has 0 amide bonds. The quantitative estimate of drug-likeness (QED) is 0.628. The SMILES string of the molecule is C#CCNCCCNc1ccnc2cc(Cl)ccc12. The van der Waals surface area contributed by atoms with Gasteiger partial charge in [-0.25, -0.2) is 0 Å².